The molecule has 1 aliphatic rings. The third-order valence-electron chi connectivity index (χ3n) is 2.90. The van der Waals surface area contributed by atoms with E-state index >= 15 is 0 Å². The normalized spacial score (nSPS) is 14.5. The molecular weight excluding hydrogens is 236 g/mol. The Hall–Kier alpha value is -0.560. The van der Waals surface area contributed by atoms with Gasteiger partial charge in [-0.05, 0) is 53.7 Å². The molecule has 74 valence electrons. The van der Waals surface area contributed by atoms with Gasteiger partial charge < -0.3 is 0 Å². The van der Waals surface area contributed by atoms with Gasteiger partial charge in [0.2, 0.25) is 0 Å². The highest BCUT2D eigenvalue weighted by atomic mass is 79.9. The zero-order valence-electron chi connectivity index (χ0n) is 8.89. The van der Waals surface area contributed by atoms with E-state index in [4.69, 9.17) is 0 Å². The van der Waals surface area contributed by atoms with Crippen molar-refractivity contribution in [2.75, 3.05) is 0 Å². The standard InChI is InChI=1S/C13H15Br/c1-8(2)11-4-5-12-9(3)6-10(14)7-13(11)12/h4,6-8H,5H2,1-3H3. The Morgan fingerprint density at radius 2 is 2.00 bits per heavy atom. The average Bonchev–Trinajstić information content (AvgIpc) is 2.47. The van der Waals surface area contributed by atoms with Gasteiger partial charge in [-0.2, -0.15) is 0 Å². The Bertz CT molecular complexity index is 400. The smallest absolute Gasteiger partial charge is 0.0184 e. The Kier molecular flexibility index (Phi) is 2.52. The molecule has 1 aromatic rings. The molecule has 0 unspecified atom stereocenters. The number of hydrogen-bond acceptors (Lipinski definition) is 0. The van der Waals surface area contributed by atoms with Gasteiger partial charge in [0.1, 0.15) is 0 Å². The van der Waals surface area contributed by atoms with Crippen LogP contribution >= 0.6 is 15.9 Å². The number of aryl methyl sites for hydroxylation is 1. The van der Waals surface area contributed by atoms with E-state index in [1.54, 1.807) is 0 Å². The SMILES string of the molecule is Cc1cc(Br)cc2c1CC=C2C(C)C. The zero-order chi connectivity index (χ0) is 10.3. The van der Waals surface area contributed by atoms with Crippen LogP contribution in [0.1, 0.15) is 30.5 Å². The molecule has 0 radical (unpaired) electrons. The van der Waals surface area contributed by atoms with Gasteiger partial charge in [-0.15, -0.1) is 0 Å². The molecule has 1 aromatic carbocycles. The van der Waals surface area contributed by atoms with Gasteiger partial charge in [0.15, 0.2) is 0 Å². The minimum atomic E-state index is 0.630. The second-order valence-corrected chi connectivity index (χ2v) is 5.18. The monoisotopic (exact) mass is 250 g/mol. The number of rotatable bonds is 1. The first-order valence-electron chi connectivity index (χ1n) is 5.09. The van der Waals surface area contributed by atoms with Gasteiger partial charge in [-0.25, -0.2) is 0 Å². The van der Waals surface area contributed by atoms with E-state index in [0.29, 0.717) is 5.92 Å². The summed E-state index contributed by atoms with van der Waals surface area (Å²) < 4.78 is 1.20. The van der Waals surface area contributed by atoms with E-state index in [-0.39, 0.29) is 0 Å². The van der Waals surface area contributed by atoms with Crippen molar-refractivity contribution < 1.29 is 0 Å². The van der Waals surface area contributed by atoms with Gasteiger partial charge >= 0.3 is 0 Å². The average molecular weight is 251 g/mol. The Balaban J connectivity index is 2.55. The highest BCUT2D eigenvalue weighted by Crippen LogP contribution is 2.36. The number of hydrogen-bond donors (Lipinski definition) is 0. The summed E-state index contributed by atoms with van der Waals surface area (Å²) in [6, 6.07) is 4.46. The van der Waals surface area contributed by atoms with Crippen LogP contribution in [0, 0.1) is 12.8 Å². The molecule has 0 fully saturated rings. The molecule has 0 aliphatic heterocycles. The number of allylic oxidation sites excluding steroid dienone is 2. The van der Waals surface area contributed by atoms with Crippen LogP contribution in [0.4, 0.5) is 0 Å². The van der Waals surface area contributed by atoms with Crippen LogP contribution in [0.15, 0.2) is 22.7 Å². The van der Waals surface area contributed by atoms with E-state index in [0.717, 1.165) is 6.42 Å². The van der Waals surface area contributed by atoms with Crippen molar-refractivity contribution in [3.8, 4) is 0 Å². The van der Waals surface area contributed by atoms with Crippen LogP contribution in [0.5, 0.6) is 0 Å². The first-order valence-corrected chi connectivity index (χ1v) is 5.88. The molecule has 0 aromatic heterocycles. The number of benzene rings is 1. The van der Waals surface area contributed by atoms with Crippen LogP contribution in [0.3, 0.4) is 0 Å². The molecule has 1 heteroatoms. The van der Waals surface area contributed by atoms with Crippen LogP contribution in [-0.4, -0.2) is 0 Å². The second-order valence-electron chi connectivity index (χ2n) is 4.27. The quantitative estimate of drug-likeness (QED) is 0.695. The highest BCUT2D eigenvalue weighted by molar-refractivity contribution is 9.10. The fraction of sp³-hybridized carbons (Fsp3) is 0.385. The van der Waals surface area contributed by atoms with Crippen molar-refractivity contribution >= 4 is 21.5 Å². The van der Waals surface area contributed by atoms with Crippen molar-refractivity contribution in [1.29, 1.82) is 0 Å². The van der Waals surface area contributed by atoms with Gasteiger partial charge in [0.05, 0.1) is 0 Å². The summed E-state index contributed by atoms with van der Waals surface area (Å²) in [5.41, 5.74) is 5.87. The lowest BCUT2D eigenvalue weighted by Crippen LogP contribution is -1.94. The molecule has 0 spiro atoms. The predicted octanol–water partition coefficient (Wildman–Crippen LogP) is 4.35. The Labute approximate surface area is 94.2 Å². The first-order chi connectivity index (χ1) is 6.59. The predicted molar refractivity (Wildman–Crippen MR) is 65.4 cm³/mol. The number of fused-ring (bicyclic) bond motifs is 1. The van der Waals surface area contributed by atoms with Crippen molar-refractivity contribution in [3.05, 3.63) is 39.4 Å². The molecule has 14 heavy (non-hydrogen) atoms. The molecule has 0 heterocycles. The summed E-state index contributed by atoms with van der Waals surface area (Å²) >= 11 is 3.57. The maximum absolute atomic E-state index is 3.57. The maximum atomic E-state index is 3.57. The zero-order valence-corrected chi connectivity index (χ0v) is 10.5. The summed E-state index contributed by atoms with van der Waals surface area (Å²) in [4.78, 5) is 0. The fourth-order valence-corrected chi connectivity index (χ4v) is 2.74. The molecular formula is C13H15Br. The lowest BCUT2D eigenvalue weighted by molar-refractivity contribution is 0.857. The molecule has 0 N–H and O–H groups in total. The minimum absolute atomic E-state index is 0.630. The van der Waals surface area contributed by atoms with Crippen LogP contribution in [-0.2, 0) is 6.42 Å². The molecule has 0 amide bonds. The summed E-state index contributed by atoms with van der Waals surface area (Å²) in [6.07, 6.45) is 3.48. The highest BCUT2D eigenvalue weighted by Gasteiger charge is 2.18. The molecule has 0 bridgehead atoms. The van der Waals surface area contributed by atoms with Crippen LogP contribution in [0.25, 0.3) is 5.57 Å². The Morgan fingerprint density at radius 3 is 2.64 bits per heavy atom. The molecule has 0 saturated carbocycles. The lowest BCUT2D eigenvalue weighted by atomic mass is 9.95. The van der Waals surface area contributed by atoms with E-state index in [9.17, 15) is 0 Å². The summed E-state index contributed by atoms with van der Waals surface area (Å²) in [6.45, 7) is 6.72. The fourth-order valence-electron chi connectivity index (χ4n) is 2.17. The lowest BCUT2D eigenvalue weighted by Gasteiger charge is -2.11. The number of halogens is 1. The summed E-state index contributed by atoms with van der Waals surface area (Å²) in [5, 5.41) is 0. The molecule has 0 saturated heterocycles. The first kappa shape index (κ1) is 9.97. The van der Waals surface area contributed by atoms with E-state index in [2.05, 4.69) is 54.9 Å². The van der Waals surface area contributed by atoms with Crippen molar-refractivity contribution in [2.24, 2.45) is 5.92 Å². The van der Waals surface area contributed by atoms with Crippen LogP contribution < -0.4 is 0 Å². The summed E-state index contributed by atoms with van der Waals surface area (Å²) in [5.74, 6) is 0.630. The van der Waals surface area contributed by atoms with Gasteiger partial charge in [0.25, 0.3) is 0 Å². The van der Waals surface area contributed by atoms with Gasteiger partial charge in [0, 0.05) is 4.47 Å². The van der Waals surface area contributed by atoms with E-state index < -0.39 is 0 Å². The maximum Gasteiger partial charge on any atom is 0.0184 e. The van der Waals surface area contributed by atoms with Crippen LogP contribution in [0.2, 0.25) is 0 Å². The summed E-state index contributed by atoms with van der Waals surface area (Å²) in [7, 11) is 0. The largest absolute Gasteiger partial charge is 0.0760 e. The molecule has 0 nitrogen and oxygen atoms in total. The Morgan fingerprint density at radius 1 is 1.29 bits per heavy atom. The topological polar surface area (TPSA) is 0 Å². The molecule has 0 atom stereocenters. The minimum Gasteiger partial charge on any atom is -0.0760 e. The van der Waals surface area contributed by atoms with Crippen molar-refractivity contribution in [3.63, 3.8) is 0 Å². The second kappa shape index (κ2) is 3.54. The molecule has 2 rings (SSSR count). The van der Waals surface area contributed by atoms with Gasteiger partial charge in [-0.3, -0.25) is 0 Å². The van der Waals surface area contributed by atoms with Gasteiger partial charge in [-0.1, -0.05) is 35.9 Å². The van der Waals surface area contributed by atoms with E-state index in [1.165, 1.54) is 26.7 Å². The van der Waals surface area contributed by atoms with Crippen molar-refractivity contribution in [1.82, 2.24) is 0 Å². The van der Waals surface area contributed by atoms with E-state index in [1.807, 2.05) is 0 Å². The molecule has 1 aliphatic carbocycles. The van der Waals surface area contributed by atoms with Crippen molar-refractivity contribution in [2.45, 2.75) is 27.2 Å². The third-order valence-corrected chi connectivity index (χ3v) is 3.35. The third kappa shape index (κ3) is 1.54.